The van der Waals surface area contributed by atoms with Crippen molar-refractivity contribution in [1.82, 2.24) is 10.1 Å². The fraction of sp³-hybridized carbons (Fsp3) is 0.385. The van der Waals surface area contributed by atoms with E-state index in [0.717, 1.165) is 60.1 Å². The van der Waals surface area contributed by atoms with Crippen molar-refractivity contribution in [2.75, 3.05) is 18.0 Å². The number of nitrogens with zero attached hydrogens (tertiary/aromatic N) is 3. The molecule has 1 saturated heterocycles. The lowest BCUT2D eigenvalue weighted by molar-refractivity contribution is -0.132. The summed E-state index contributed by atoms with van der Waals surface area (Å²) < 4.78 is 5.93. The van der Waals surface area contributed by atoms with E-state index in [1.165, 1.54) is 0 Å². The van der Waals surface area contributed by atoms with E-state index in [9.17, 15) is 4.79 Å². The second-order valence-corrected chi connectivity index (χ2v) is 8.44. The smallest absolute Gasteiger partial charge is 0.232 e. The SMILES string of the molecule is CCC(=O)N(Cc1ccccc1)Cc1c(-c2ccccc2)noc1N1CCC(C)CC1. The van der Waals surface area contributed by atoms with Crippen LogP contribution in [0.2, 0.25) is 0 Å². The largest absolute Gasteiger partial charge is 0.340 e. The summed E-state index contributed by atoms with van der Waals surface area (Å²) in [5.41, 5.74) is 3.96. The lowest BCUT2D eigenvalue weighted by Gasteiger charge is -2.31. The average molecular weight is 418 g/mol. The third-order valence-electron chi connectivity index (χ3n) is 6.11. The second kappa shape index (κ2) is 9.82. The molecule has 0 unspecified atom stereocenters. The van der Waals surface area contributed by atoms with Gasteiger partial charge in [-0.25, -0.2) is 0 Å². The number of hydrogen-bond acceptors (Lipinski definition) is 4. The molecule has 4 rings (SSSR count). The Hall–Kier alpha value is -3.08. The molecule has 1 amide bonds. The van der Waals surface area contributed by atoms with Crippen molar-refractivity contribution >= 4 is 11.8 Å². The van der Waals surface area contributed by atoms with Gasteiger partial charge >= 0.3 is 0 Å². The van der Waals surface area contributed by atoms with Crippen LogP contribution in [0.5, 0.6) is 0 Å². The fourth-order valence-corrected chi connectivity index (χ4v) is 4.18. The van der Waals surface area contributed by atoms with E-state index in [2.05, 4.69) is 29.1 Å². The summed E-state index contributed by atoms with van der Waals surface area (Å²) in [4.78, 5) is 17.1. The predicted molar refractivity (Wildman–Crippen MR) is 124 cm³/mol. The highest BCUT2D eigenvalue weighted by Crippen LogP contribution is 2.34. The Balaban J connectivity index is 1.69. The minimum Gasteiger partial charge on any atom is -0.340 e. The van der Waals surface area contributed by atoms with Crippen molar-refractivity contribution in [3.63, 3.8) is 0 Å². The van der Waals surface area contributed by atoms with E-state index in [1.807, 2.05) is 60.4 Å². The predicted octanol–water partition coefficient (Wildman–Crippen LogP) is 5.52. The van der Waals surface area contributed by atoms with Gasteiger partial charge in [-0.1, -0.05) is 79.7 Å². The lowest BCUT2D eigenvalue weighted by Crippen LogP contribution is -2.34. The van der Waals surface area contributed by atoms with E-state index >= 15 is 0 Å². The molecule has 31 heavy (non-hydrogen) atoms. The molecule has 1 aliphatic rings. The number of aromatic nitrogens is 1. The van der Waals surface area contributed by atoms with Crippen LogP contribution in [0.15, 0.2) is 65.2 Å². The highest BCUT2D eigenvalue weighted by Gasteiger charge is 2.27. The molecule has 0 radical (unpaired) electrons. The van der Waals surface area contributed by atoms with Crippen LogP contribution in [0.1, 0.15) is 44.2 Å². The maximum Gasteiger partial charge on any atom is 0.232 e. The number of amides is 1. The first kappa shape index (κ1) is 21.2. The lowest BCUT2D eigenvalue weighted by atomic mass is 9.98. The molecular weight excluding hydrogens is 386 g/mol. The molecule has 0 aliphatic carbocycles. The van der Waals surface area contributed by atoms with Crippen molar-refractivity contribution in [2.45, 2.75) is 46.2 Å². The molecule has 5 nitrogen and oxygen atoms in total. The third kappa shape index (κ3) is 4.98. The number of benzene rings is 2. The normalized spacial score (nSPS) is 14.6. The summed E-state index contributed by atoms with van der Waals surface area (Å²) in [6, 6.07) is 20.3. The van der Waals surface area contributed by atoms with Crippen LogP contribution in [0.25, 0.3) is 11.3 Å². The number of hydrogen-bond donors (Lipinski definition) is 0. The van der Waals surface area contributed by atoms with Gasteiger partial charge in [0.2, 0.25) is 11.8 Å². The topological polar surface area (TPSA) is 49.6 Å². The molecule has 1 aliphatic heterocycles. The molecular formula is C26H31N3O2. The van der Waals surface area contributed by atoms with Crippen LogP contribution < -0.4 is 4.90 Å². The van der Waals surface area contributed by atoms with E-state index in [-0.39, 0.29) is 5.91 Å². The van der Waals surface area contributed by atoms with Gasteiger partial charge in [-0.05, 0) is 24.3 Å². The van der Waals surface area contributed by atoms with E-state index in [0.29, 0.717) is 19.5 Å². The summed E-state index contributed by atoms with van der Waals surface area (Å²) in [6.45, 7) is 7.19. The van der Waals surface area contributed by atoms with Crippen LogP contribution in [-0.2, 0) is 17.9 Å². The first-order valence-electron chi connectivity index (χ1n) is 11.3. The summed E-state index contributed by atoms with van der Waals surface area (Å²) in [5.74, 6) is 1.67. The number of carbonyl (C=O) groups is 1. The summed E-state index contributed by atoms with van der Waals surface area (Å²) in [5, 5.41) is 4.47. The minimum atomic E-state index is 0.127. The highest BCUT2D eigenvalue weighted by molar-refractivity contribution is 5.77. The summed E-state index contributed by atoms with van der Waals surface area (Å²) in [7, 11) is 0. The van der Waals surface area contributed by atoms with Gasteiger partial charge in [-0.3, -0.25) is 4.79 Å². The Bertz CT molecular complexity index is 976. The number of anilines is 1. The van der Waals surface area contributed by atoms with Gasteiger partial charge in [0.15, 0.2) is 0 Å². The van der Waals surface area contributed by atoms with E-state index < -0.39 is 0 Å². The Labute approximate surface area is 184 Å². The zero-order chi connectivity index (χ0) is 21.6. The van der Waals surface area contributed by atoms with Gasteiger partial charge < -0.3 is 14.3 Å². The number of rotatable bonds is 7. The monoisotopic (exact) mass is 417 g/mol. The number of piperidine rings is 1. The first-order valence-corrected chi connectivity index (χ1v) is 11.3. The van der Waals surface area contributed by atoms with Gasteiger partial charge in [0.1, 0.15) is 5.69 Å². The molecule has 3 aromatic rings. The Morgan fingerprint density at radius 2 is 1.68 bits per heavy atom. The van der Waals surface area contributed by atoms with E-state index in [4.69, 9.17) is 4.52 Å². The van der Waals surface area contributed by atoms with Crippen molar-refractivity contribution in [2.24, 2.45) is 5.92 Å². The van der Waals surface area contributed by atoms with Crippen LogP contribution in [0.3, 0.4) is 0 Å². The maximum atomic E-state index is 12.9. The van der Waals surface area contributed by atoms with Crippen LogP contribution >= 0.6 is 0 Å². The van der Waals surface area contributed by atoms with Gasteiger partial charge in [-0.2, -0.15) is 0 Å². The highest BCUT2D eigenvalue weighted by atomic mass is 16.5. The van der Waals surface area contributed by atoms with Crippen molar-refractivity contribution in [1.29, 1.82) is 0 Å². The molecule has 0 atom stereocenters. The maximum absolute atomic E-state index is 12.9. The molecule has 162 valence electrons. The second-order valence-electron chi connectivity index (χ2n) is 8.44. The molecule has 1 fully saturated rings. The third-order valence-corrected chi connectivity index (χ3v) is 6.11. The molecule has 0 N–H and O–H groups in total. The molecule has 0 bridgehead atoms. The Morgan fingerprint density at radius 1 is 1.03 bits per heavy atom. The van der Waals surface area contributed by atoms with Crippen LogP contribution in [-0.4, -0.2) is 29.1 Å². The van der Waals surface area contributed by atoms with Crippen LogP contribution in [0, 0.1) is 5.92 Å². The van der Waals surface area contributed by atoms with Crippen molar-refractivity contribution in [3.8, 4) is 11.3 Å². The fourth-order valence-electron chi connectivity index (χ4n) is 4.18. The molecule has 0 saturated carbocycles. The molecule has 1 aromatic heterocycles. The first-order chi connectivity index (χ1) is 15.2. The van der Waals surface area contributed by atoms with Crippen LogP contribution in [0.4, 0.5) is 5.88 Å². The quantitative estimate of drug-likeness (QED) is 0.508. The minimum absolute atomic E-state index is 0.127. The van der Waals surface area contributed by atoms with E-state index in [1.54, 1.807) is 0 Å². The average Bonchev–Trinajstić information content (AvgIpc) is 3.23. The van der Waals surface area contributed by atoms with Gasteiger partial charge in [0.05, 0.1) is 12.1 Å². The standard InChI is InChI=1S/C26H31N3O2/c1-3-24(30)29(18-21-10-6-4-7-11-21)19-23-25(22-12-8-5-9-13-22)27-31-26(23)28-16-14-20(2)15-17-28/h4-13,20H,3,14-19H2,1-2H3. The Morgan fingerprint density at radius 3 is 2.32 bits per heavy atom. The zero-order valence-corrected chi connectivity index (χ0v) is 18.5. The zero-order valence-electron chi connectivity index (χ0n) is 18.5. The molecule has 5 heteroatoms. The van der Waals surface area contributed by atoms with Gasteiger partial charge in [-0.15, -0.1) is 0 Å². The Kier molecular flexibility index (Phi) is 6.70. The van der Waals surface area contributed by atoms with Crippen molar-refractivity contribution < 1.29 is 9.32 Å². The number of carbonyl (C=O) groups excluding carboxylic acids is 1. The van der Waals surface area contributed by atoms with Gasteiger partial charge in [0, 0.05) is 31.6 Å². The molecule has 2 heterocycles. The summed E-state index contributed by atoms with van der Waals surface area (Å²) in [6.07, 6.45) is 2.75. The van der Waals surface area contributed by atoms with Crippen molar-refractivity contribution in [3.05, 3.63) is 71.8 Å². The van der Waals surface area contributed by atoms with Gasteiger partial charge in [0.25, 0.3) is 0 Å². The molecule has 2 aromatic carbocycles. The summed E-state index contributed by atoms with van der Waals surface area (Å²) >= 11 is 0. The molecule has 0 spiro atoms.